The van der Waals surface area contributed by atoms with Crippen LogP contribution in [-0.4, -0.2) is 36.1 Å². The summed E-state index contributed by atoms with van der Waals surface area (Å²) < 4.78 is 43.1. The van der Waals surface area contributed by atoms with Crippen LogP contribution >= 0.6 is 31.9 Å². The second-order valence-electron chi connectivity index (χ2n) is 11.5. The molecule has 0 amide bonds. The van der Waals surface area contributed by atoms with Gasteiger partial charge in [-0.3, -0.25) is 0 Å². The van der Waals surface area contributed by atoms with E-state index in [4.69, 9.17) is 32.8 Å². The molecule has 38 heavy (non-hydrogen) atoms. The first kappa shape index (κ1) is 29.4. The number of hydrogen-bond donors (Lipinski definition) is 0. The summed E-state index contributed by atoms with van der Waals surface area (Å²) in [5, 5.41) is 0.0365. The lowest BCUT2D eigenvalue weighted by Crippen LogP contribution is -2.43. The minimum atomic E-state index is -2.17. The van der Waals surface area contributed by atoms with Gasteiger partial charge in [0.15, 0.2) is 31.3 Å². The van der Waals surface area contributed by atoms with E-state index in [2.05, 4.69) is 79.6 Å². The van der Waals surface area contributed by atoms with Gasteiger partial charge in [0, 0.05) is 5.56 Å². The van der Waals surface area contributed by atoms with Crippen molar-refractivity contribution in [1.82, 2.24) is 0 Å². The highest BCUT2D eigenvalue weighted by molar-refractivity contribution is 9.11. The molecule has 210 valence electrons. The van der Waals surface area contributed by atoms with Gasteiger partial charge in [0.25, 0.3) is 0 Å². The van der Waals surface area contributed by atoms with E-state index in [1.165, 1.54) is 0 Å². The van der Waals surface area contributed by atoms with E-state index >= 15 is 0 Å². The molecule has 2 aromatic carbocycles. The minimum absolute atomic E-state index is 0.0365. The molecule has 0 saturated heterocycles. The molecular formula is C28H38Br2O7Si. The molecule has 0 radical (unpaired) electrons. The molecule has 2 heterocycles. The molecule has 4 rings (SSSR count). The molecule has 2 aromatic rings. The summed E-state index contributed by atoms with van der Waals surface area (Å²) in [4.78, 5) is 0. The maximum Gasteiger partial charge on any atom is 0.231 e. The fourth-order valence-electron chi connectivity index (χ4n) is 4.55. The summed E-state index contributed by atoms with van der Waals surface area (Å²) in [6.45, 7) is 16.2. The zero-order valence-corrected chi connectivity index (χ0v) is 27.8. The van der Waals surface area contributed by atoms with Crippen molar-refractivity contribution >= 4 is 40.2 Å². The molecule has 10 heteroatoms. The van der Waals surface area contributed by atoms with Gasteiger partial charge < -0.3 is 32.8 Å². The quantitative estimate of drug-likeness (QED) is 0.248. The van der Waals surface area contributed by atoms with Crippen molar-refractivity contribution in [2.45, 2.75) is 65.3 Å². The highest BCUT2D eigenvalue weighted by atomic mass is 79.9. The smallest absolute Gasteiger partial charge is 0.231 e. The molecule has 0 aromatic heterocycles. The molecule has 0 N–H and O–H groups in total. The Kier molecular flexibility index (Phi) is 8.58. The third-order valence-corrected chi connectivity index (χ3v) is 14.2. The molecule has 7 nitrogen and oxygen atoms in total. The third-order valence-electron chi connectivity index (χ3n) is 8.08. The van der Waals surface area contributed by atoms with Gasteiger partial charge in [0.05, 0.1) is 29.3 Å². The van der Waals surface area contributed by atoms with Crippen molar-refractivity contribution in [2.24, 2.45) is 11.8 Å². The van der Waals surface area contributed by atoms with Crippen LogP contribution in [0.2, 0.25) is 18.1 Å². The average molecular weight is 674 g/mol. The van der Waals surface area contributed by atoms with E-state index in [9.17, 15) is 0 Å². The second kappa shape index (κ2) is 11.1. The second-order valence-corrected chi connectivity index (χ2v) is 17.8. The maximum absolute atomic E-state index is 7.17. The van der Waals surface area contributed by atoms with Crippen molar-refractivity contribution in [1.29, 1.82) is 0 Å². The van der Waals surface area contributed by atoms with Crippen molar-refractivity contribution in [2.75, 3.05) is 27.8 Å². The Bertz CT molecular complexity index is 1200. The van der Waals surface area contributed by atoms with Gasteiger partial charge in [-0.15, -0.1) is 0 Å². The number of hydrogen-bond acceptors (Lipinski definition) is 7. The Hall–Kier alpha value is -1.62. The molecule has 0 fully saturated rings. The number of halogens is 2. The molecule has 0 spiro atoms. The van der Waals surface area contributed by atoms with Crippen LogP contribution in [0.5, 0.6) is 34.5 Å². The number of ether oxygens (including phenoxy) is 6. The number of rotatable bonds is 9. The van der Waals surface area contributed by atoms with Crippen molar-refractivity contribution in [3.63, 3.8) is 0 Å². The van der Waals surface area contributed by atoms with Crippen LogP contribution in [0.1, 0.15) is 51.8 Å². The SMILES string of the molecule is COc1c(Br)c(C[C@H](C)[C@H](C)[C@H](O[Si](C)(C)C(C)(C)C)c2cc3c(c(OC)c2Br)OCO3)cc2c1OCO2. The zero-order valence-electron chi connectivity index (χ0n) is 23.6. The van der Waals surface area contributed by atoms with Gasteiger partial charge in [-0.1, -0.05) is 34.6 Å². The molecule has 0 bridgehead atoms. The molecule has 2 aliphatic heterocycles. The monoisotopic (exact) mass is 672 g/mol. The van der Waals surface area contributed by atoms with Crippen LogP contribution in [0, 0.1) is 11.8 Å². The first-order valence-corrected chi connectivity index (χ1v) is 17.3. The van der Waals surface area contributed by atoms with E-state index in [0.717, 1.165) is 26.5 Å². The number of methoxy groups -OCH3 is 2. The molecule has 2 aliphatic rings. The summed E-state index contributed by atoms with van der Waals surface area (Å²) in [6.07, 6.45) is 0.573. The Morgan fingerprint density at radius 1 is 0.868 bits per heavy atom. The number of benzene rings is 2. The molecular weight excluding hydrogens is 636 g/mol. The van der Waals surface area contributed by atoms with E-state index in [-0.39, 0.29) is 36.6 Å². The summed E-state index contributed by atoms with van der Waals surface area (Å²) in [5.74, 6) is 4.28. The standard InChI is InChI=1S/C28H38Br2O7Si/c1-15(10-17-11-19-24(35-13-33-19)26(31-6)21(17)29)16(2)23(37-38(8,9)28(3,4)5)18-12-20-25(36-14-34-20)27(32-7)22(18)30/h11-12,15-16,23H,10,13-14H2,1-9H3/t15-,16-,23-/m0/s1. The fourth-order valence-corrected chi connectivity index (χ4v) is 7.18. The van der Waals surface area contributed by atoms with Crippen LogP contribution in [0.15, 0.2) is 21.1 Å². The van der Waals surface area contributed by atoms with Crippen LogP contribution < -0.4 is 28.4 Å². The molecule has 0 aliphatic carbocycles. The van der Waals surface area contributed by atoms with Gasteiger partial charge in [-0.25, -0.2) is 0 Å². The predicted octanol–water partition coefficient (Wildman–Crippen LogP) is 8.26. The van der Waals surface area contributed by atoms with Crippen LogP contribution in [0.25, 0.3) is 0 Å². The largest absolute Gasteiger partial charge is 0.492 e. The highest BCUT2D eigenvalue weighted by Crippen LogP contribution is 2.53. The first-order chi connectivity index (χ1) is 17.8. The summed E-state index contributed by atoms with van der Waals surface area (Å²) in [7, 11) is 1.12. The summed E-state index contributed by atoms with van der Waals surface area (Å²) in [6, 6.07) is 4.08. The van der Waals surface area contributed by atoms with Crippen LogP contribution in [0.4, 0.5) is 0 Å². The minimum Gasteiger partial charge on any atom is -0.492 e. The van der Waals surface area contributed by atoms with E-state index in [1.54, 1.807) is 14.2 Å². The van der Waals surface area contributed by atoms with Crippen LogP contribution in [-0.2, 0) is 10.8 Å². The lowest BCUT2D eigenvalue weighted by atomic mass is 9.83. The van der Waals surface area contributed by atoms with Gasteiger partial charge in [0.2, 0.25) is 25.1 Å². The Morgan fingerprint density at radius 3 is 1.92 bits per heavy atom. The zero-order chi connectivity index (χ0) is 28.0. The van der Waals surface area contributed by atoms with E-state index in [0.29, 0.717) is 34.5 Å². The maximum atomic E-state index is 7.17. The lowest BCUT2D eigenvalue weighted by Gasteiger charge is -2.42. The average Bonchev–Trinajstić information content (AvgIpc) is 3.51. The normalized spacial score (nSPS) is 16.8. The number of fused-ring (bicyclic) bond motifs is 2. The highest BCUT2D eigenvalue weighted by Gasteiger charge is 2.43. The Morgan fingerprint density at radius 2 is 1.39 bits per heavy atom. The molecule has 0 unspecified atom stereocenters. The van der Waals surface area contributed by atoms with Crippen molar-refractivity contribution in [3.05, 3.63) is 32.2 Å². The third kappa shape index (κ3) is 5.38. The van der Waals surface area contributed by atoms with Gasteiger partial charge in [0.1, 0.15) is 0 Å². The molecule has 3 atom stereocenters. The van der Waals surface area contributed by atoms with E-state index < -0.39 is 8.32 Å². The predicted molar refractivity (Wildman–Crippen MR) is 157 cm³/mol. The van der Waals surface area contributed by atoms with Gasteiger partial charge >= 0.3 is 0 Å². The Labute approximate surface area is 243 Å². The van der Waals surface area contributed by atoms with Crippen molar-refractivity contribution < 1.29 is 32.8 Å². The van der Waals surface area contributed by atoms with Gasteiger partial charge in [-0.05, 0) is 85.9 Å². The van der Waals surface area contributed by atoms with Crippen LogP contribution in [0.3, 0.4) is 0 Å². The fraction of sp³-hybridized carbons (Fsp3) is 0.571. The topological polar surface area (TPSA) is 64.6 Å². The first-order valence-electron chi connectivity index (χ1n) is 12.8. The Balaban J connectivity index is 1.74. The molecule has 0 saturated carbocycles. The summed E-state index contributed by atoms with van der Waals surface area (Å²) >= 11 is 7.58. The van der Waals surface area contributed by atoms with Gasteiger partial charge in [-0.2, -0.15) is 0 Å². The lowest BCUT2D eigenvalue weighted by molar-refractivity contribution is 0.0950. The van der Waals surface area contributed by atoms with Crippen molar-refractivity contribution in [3.8, 4) is 34.5 Å². The van der Waals surface area contributed by atoms with E-state index in [1.807, 2.05) is 12.1 Å². The summed E-state index contributed by atoms with van der Waals surface area (Å²) in [5.41, 5.74) is 2.09.